The summed E-state index contributed by atoms with van der Waals surface area (Å²) in [5.74, 6) is 1.47. The monoisotopic (exact) mass is 411 g/mol. The van der Waals surface area contributed by atoms with E-state index in [-0.39, 0.29) is 18.6 Å². The van der Waals surface area contributed by atoms with Crippen LogP contribution in [0.5, 0.6) is 0 Å². The van der Waals surface area contributed by atoms with Crippen LogP contribution in [0.25, 0.3) is 0 Å². The summed E-state index contributed by atoms with van der Waals surface area (Å²) in [5.41, 5.74) is 7.72. The van der Waals surface area contributed by atoms with Crippen LogP contribution in [-0.4, -0.2) is 65.2 Å². The van der Waals surface area contributed by atoms with Crippen LogP contribution >= 0.6 is 0 Å². The number of hydrogen-bond donors (Lipinski definition) is 2. The maximum absolute atomic E-state index is 12.4. The Kier molecular flexibility index (Phi) is 6.27. The fourth-order valence-electron chi connectivity index (χ4n) is 4.11. The number of anilines is 2. The first-order valence-corrected chi connectivity index (χ1v) is 10.5. The number of amides is 1. The Hall–Kier alpha value is -2.94. The van der Waals surface area contributed by atoms with Gasteiger partial charge in [0.15, 0.2) is 0 Å². The number of nitrogens with one attached hydrogen (secondary N) is 1. The number of carbonyl (C=O) groups is 1. The highest BCUT2D eigenvalue weighted by atomic mass is 16.6. The second-order valence-electron chi connectivity index (χ2n) is 7.87. The number of likely N-dealkylation sites (tertiary alicyclic amines) is 1. The van der Waals surface area contributed by atoms with E-state index in [1.807, 2.05) is 25.2 Å². The molecule has 2 aliphatic rings. The Morgan fingerprint density at radius 1 is 1.23 bits per heavy atom. The van der Waals surface area contributed by atoms with Gasteiger partial charge in [0, 0.05) is 50.4 Å². The highest BCUT2D eigenvalue weighted by molar-refractivity contribution is 5.67. The van der Waals surface area contributed by atoms with Gasteiger partial charge in [0.05, 0.1) is 11.4 Å². The molecular weight excluding hydrogens is 382 g/mol. The minimum absolute atomic E-state index is 0.189. The summed E-state index contributed by atoms with van der Waals surface area (Å²) in [6.07, 6.45) is 4.14. The van der Waals surface area contributed by atoms with Gasteiger partial charge in [-0.1, -0.05) is 6.07 Å². The molecule has 0 saturated carbocycles. The maximum atomic E-state index is 12.4. The molecule has 160 valence electrons. The molecule has 1 atom stereocenters. The van der Waals surface area contributed by atoms with Crippen molar-refractivity contribution in [3.8, 4) is 0 Å². The Bertz CT molecular complexity index is 856. The van der Waals surface area contributed by atoms with Crippen LogP contribution < -0.4 is 16.0 Å². The molecule has 4 heterocycles. The molecule has 4 rings (SSSR count). The second-order valence-corrected chi connectivity index (χ2v) is 7.87. The van der Waals surface area contributed by atoms with Gasteiger partial charge in [0.1, 0.15) is 12.4 Å². The van der Waals surface area contributed by atoms with E-state index in [9.17, 15) is 4.79 Å². The summed E-state index contributed by atoms with van der Waals surface area (Å²) in [7, 11) is 1.99. The summed E-state index contributed by atoms with van der Waals surface area (Å²) in [5, 5.41) is 3.32. The molecule has 0 spiro atoms. The first-order chi connectivity index (χ1) is 14.6. The standard InChI is InChI=1S/C21H29N7O2/c1-23-16-7-11-28(13-16)19-12-18(25-20(22)26-19)15-5-9-27(10-6-15)21(29)30-14-17-4-2-3-8-24-17/h2-4,8,12,15-16,23H,5-7,9-11,13-14H2,1H3,(H2,22,25,26)/t16-/m1/s1. The van der Waals surface area contributed by atoms with Crippen molar-refractivity contribution >= 4 is 17.9 Å². The minimum atomic E-state index is -0.294. The summed E-state index contributed by atoms with van der Waals surface area (Å²) in [6, 6.07) is 8.10. The molecule has 2 saturated heterocycles. The van der Waals surface area contributed by atoms with Crippen molar-refractivity contribution in [2.75, 3.05) is 43.9 Å². The maximum Gasteiger partial charge on any atom is 0.410 e. The lowest BCUT2D eigenvalue weighted by molar-refractivity contribution is 0.0858. The molecule has 2 aromatic heterocycles. The normalized spacial score (nSPS) is 19.8. The number of carbonyl (C=O) groups excluding carboxylic acids is 1. The van der Waals surface area contributed by atoms with Crippen LogP contribution in [0.2, 0.25) is 0 Å². The number of aromatic nitrogens is 3. The first-order valence-electron chi connectivity index (χ1n) is 10.5. The topological polar surface area (TPSA) is 110 Å². The molecule has 30 heavy (non-hydrogen) atoms. The number of nitrogen functional groups attached to an aromatic ring is 1. The molecule has 2 fully saturated rings. The second kappa shape index (κ2) is 9.25. The zero-order chi connectivity index (χ0) is 20.9. The number of pyridine rings is 1. The Morgan fingerprint density at radius 2 is 2.07 bits per heavy atom. The number of rotatable bonds is 5. The van der Waals surface area contributed by atoms with E-state index in [0.717, 1.165) is 49.6 Å². The lowest BCUT2D eigenvalue weighted by Crippen LogP contribution is -2.38. The van der Waals surface area contributed by atoms with E-state index < -0.39 is 0 Å². The zero-order valence-electron chi connectivity index (χ0n) is 17.3. The van der Waals surface area contributed by atoms with Crippen molar-refractivity contribution in [3.05, 3.63) is 41.9 Å². The third-order valence-electron chi connectivity index (χ3n) is 5.91. The number of ether oxygens (including phenoxy) is 1. The smallest absolute Gasteiger partial charge is 0.410 e. The Morgan fingerprint density at radius 3 is 2.77 bits per heavy atom. The molecule has 0 unspecified atom stereocenters. The molecule has 0 aliphatic carbocycles. The zero-order valence-corrected chi connectivity index (χ0v) is 17.3. The lowest BCUT2D eigenvalue weighted by Gasteiger charge is -2.31. The average molecular weight is 412 g/mol. The van der Waals surface area contributed by atoms with E-state index in [2.05, 4.69) is 31.2 Å². The van der Waals surface area contributed by atoms with Crippen molar-refractivity contribution in [1.29, 1.82) is 0 Å². The van der Waals surface area contributed by atoms with Crippen molar-refractivity contribution in [3.63, 3.8) is 0 Å². The highest BCUT2D eigenvalue weighted by Gasteiger charge is 2.28. The molecule has 3 N–H and O–H groups in total. The van der Waals surface area contributed by atoms with Gasteiger partial charge in [-0.05, 0) is 38.4 Å². The molecule has 2 aromatic rings. The molecule has 0 aromatic carbocycles. The van der Waals surface area contributed by atoms with E-state index in [1.54, 1.807) is 11.1 Å². The van der Waals surface area contributed by atoms with Gasteiger partial charge in [-0.15, -0.1) is 0 Å². The van der Waals surface area contributed by atoms with E-state index >= 15 is 0 Å². The summed E-state index contributed by atoms with van der Waals surface area (Å²) in [4.78, 5) is 29.5. The molecule has 0 radical (unpaired) electrons. The third-order valence-corrected chi connectivity index (χ3v) is 5.91. The van der Waals surface area contributed by atoms with Gasteiger partial charge in [0.2, 0.25) is 5.95 Å². The van der Waals surface area contributed by atoms with Gasteiger partial charge >= 0.3 is 6.09 Å². The molecule has 9 heteroatoms. The number of likely N-dealkylation sites (N-methyl/N-ethyl adjacent to an activating group) is 1. The van der Waals surface area contributed by atoms with Crippen LogP contribution in [0.1, 0.15) is 36.6 Å². The van der Waals surface area contributed by atoms with E-state index in [1.165, 1.54) is 0 Å². The number of hydrogen-bond acceptors (Lipinski definition) is 8. The van der Waals surface area contributed by atoms with Crippen molar-refractivity contribution < 1.29 is 9.53 Å². The van der Waals surface area contributed by atoms with Crippen LogP contribution in [0, 0.1) is 0 Å². The van der Waals surface area contributed by atoms with Crippen molar-refractivity contribution in [2.45, 2.75) is 37.8 Å². The molecule has 0 bridgehead atoms. The van der Waals surface area contributed by atoms with E-state index in [0.29, 0.717) is 25.1 Å². The lowest BCUT2D eigenvalue weighted by atomic mass is 9.93. The third kappa shape index (κ3) is 4.79. The van der Waals surface area contributed by atoms with E-state index in [4.69, 9.17) is 10.5 Å². The largest absolute Gasteiger partial charge is 0.443 e. The molecule has 2 aliphatic heterocycles. The fraction of sp³-hybridized carbons (Fsp3) is 0.524. The van der Waals surface area contributed by atoms with Gasteiger partial charge in [-0.3, -0.25) is 4.98 Å². The first kappa shape index (κ1) is 20.3. The molecule has 1 amide bonds. The van der Waals surface area contributed by atoms with Crippen LogP contribution in [0.4, 0.5) is 16.6 Å². The predicted molar refractivity (Wildman–Crippen MR) is 114 cm³/mol. The van der Waals surface area contributed by atoms with Crippen molar-refractivity contribution in [2.24, 2.45) is 0 Å². The van der Waals surface area contributed by atoms with Gasteiger partial charge < -0.3 is 25.6 Å². The van der Waals surface area contributed by atoms with Crippen LogP contribution in [0.15, 0.2) is 30.5 Å². The molecular formula is C21H29N7O2. The quantitative estimate of drug-likeness (QED) is 0.766. The van der Waals surface area contributed by atoms with Crippen LogP contribution in [0.3, 0.4) is 0 Å². The number of nitrogens with zero attached hydrogens (tertiary/aromatic N) is 5. The van der Waals surface area contributed by atoms with Crippen LogP contribution in [-0.2, 0) is 11.3 Å². The van der Waals surface area contributed by atoms with Gasteiger partial charge in [0.25, 0.3) is 0 Å². The Labute approximate surface area is 176 Å². The average Bonchev–Trinajstić information content (AvgIpc) is 3.27. The summed E-state index contributed by atoms with van der Waals surface area (Å²) in [6.45, 7) is 3.34. The number of piperidine rings is 1. The fourth-order valence-corrected chi connectivity index (χ4v) is 4.11. The number of nitrogens with two attached hydrogens (primary N) is 1. The predicted octanol–water partition coefficient (Wildman–Crippen LogP) is 1.77. The van der Waals surface area contributed by atoms with Gasteiger partial charge in [-0.2, -0.15) is 4.98 Å². The Balaban J connectivity index is 1.33. The summed E-state index contributed by atoms with van der Waals surface area (Å²) < 4.78 is 5.40. The molecule has 9 nitrogen and oxygen atoms in total. The van der Waals surface area contributed by atoms with Gasteiger partial charge in [-0.25, -0.2) is 9.78 Å². The van der Waals surface area contributed by atoms with Crippen molar-refractivity contribution in [1.82, 2.24) is 25.2 Å². The summed E-state index contributed by atoms with van der Waals surface area (Å²) >= 11 is 0. The minimum Gasteiger partial charge on any atom is -0.443 e. The highest BCUT2D eigenvalue weighted by Crippen LogP contribution is 2.30. The SMILES string of the molecule is CN[C@@H]1CCN(c2cc(C3CCN(C(=O)OCc4ccccn4)CC3)nc(N)n2)C1.